The molecule has 0 aliphatic heterocycles. The molecule has 0 radical (unpaired) electrons. The van der Waals surface area contributed by atoms with Crippen LogP contribution >= 0.6 is 22.9 Å². The molecule has 6 nitrogen and oxygen atoms in total. The van der Waals surface area contributed by atoms with Gasteiger partial charge in [0.25, 0.3) is 5.69 Å². The van der Waals surface area contributed by atoms with Crippen molar-refractivity contribution in [1.82, 2.24) is 0 Å². The van der Waals surface area contributed by atoms with E-state index in [0.717, 1.165) is 11.3 Å². The predicted octanol–water partition coefficient (Wildman–Crippen LogP) is 3.52. The maximum atomic E-state index is 12.6. The fourth-order valence-electron chi connectivity index (χ4n) is 1.88. The highest BCUT2D eigenvalue weighted by molar-refractivity contribution is 7.20. The number of amides is 1. The van der Waals surface area contributed by atoms with Gasteiger partial charge < -0.3 is 4.90 Å². The van der Waals surface area contributed by atoms with E-state index in [1.807, 2.05) is 0 Å². The summed E-state index contributed by atoms with van der Waals surface area (Å²) in [5.74, 6) is -0.811. The van der Waals surface area contributed by atoms with Gasteiger partial charge in [-0.1, -0.05) is 23.7 Å². The second-order valence-electron chi connectivity index (χ2n) is 4.45. The first-order chi connectivity index (χ1) is 10.3. The summed E-state index contributed by atoms with van der Waals surface area (Å²) in [6, 6.07) is 7.08. The molecule has 1 aromatic carbocycles. The summed E-state index contributed by atoms with van der Waals surface area (Å²) in [4.78, 5) is 35.9. The largest absolute Gasteiger partial charge is 0.307 e. The third-order valence-electron chi connectivity index (χ3n) is 3.05. The summed E-state index contributed by atoms with van der Waals surface area (Å²) < 4.78 is 0.324. The summed E-state index contributed by atoms with van der Waals surface area (Å²) in [5, 5.41) is 11.4. The number of halogens is 1. The highest BCUT2D eigenvalue weighted by atomic mass is 35.5. The molecule has 0 spiro atoms. The van der Waals surface area contributed by atoms with Gasteiger partial charge in [-0.25, -0.2) is 0 Å². The quantitative estimate of drug-likeness (QED) is 0.485. The van der Waals surface area contributed by atoms with Crippen molar-refractivity contribution in [2.45, 2.75) is 6.92 Å². The van der Waals surface area contributed by atoms with Crippen LogP contribution in [0.15, 0.2) is 30.3 Å². The van der Waals surface area contributed by atoms with Gasteiger partial charge in [0.15, 0.2) is 0 Å². The topological polar surface area (TPSA) is 80.5 Å². The average molecular weight is 339 g/mol. The Morgan fingerprint density at radius 1 is 1.27 bits per heavy atom. The van der Waals surface area contributed by atoms with Gasteiger partial charge in [0, 0.05) is 20.0 Å². The molecular formula is C14H11ClN2O4S. The predicted molar refractivity (Wildman–Crippen MR) is 84.9 cm³/mol. The summed E-state index contributed by atoms with van der Waals surface area (Å²) in [7, 11) is 1.51. The van der Waals surface area contributed by atoms with E-state index in [2.05, 4.69) is 0 Å². The number of hydrogen-bond donors (Lipinski definition) is 0. The van der Waals surface area contributed by atoms with Crippen LogP contribution < -0.4 is 4.90 Å². The summed E-state index contributed by atoms with van der Waals surface area (Å²) in [6.45, 7) is 1.35. The van der Waals surface area contributed by atoms with Crippen molar-refractivity contribution in [2.24, 2.45) is 0 Å². The Bertz CT molecular complexity index is 772. The van der Waals surface area contributed by atoms with Gasteiger partial charge in [-0.2, -0.15) is 0 Å². The van der Waals surface area contributed by atoms with E-state index < -0.39 is 10.7 Å². The normalized spacial score (nSPS) is 10.3. The number of nitro groups is 1. The van der Waals surface area contributed by atoms with Crippen molar-refractivity contribution in [3.05, 3.63) is 55.9 Å². The molecule has 0 unspecified atom stereocenters. The molecule has 2 aromatic rings. The average Bonchev–Trinajstić information content (AvgIpc) is 2.87. The molecule has 2 rings (SSSR count). The second-order valence-corrected chi connectivity index (χ2v) is 6.11. The standard InChI is InChI=1S/C14H11ClN2O4S/c1-8(18)16(2)14-10(7-12(15)22-14)13(19)9-5-3-4-6-11(9)17(20)21/h3-7H,1-2H3. The van der Waals surface area contributed by atoms with Crippen LogP contribution in [0.1, 0.15) is 22.8 Å². The van der Waals surface area contributed by atoms with E-state index >= 15 is 0 Å². The minimum absolute atomic E-state index is 0.0415. The summed E-state index contributed by atoms with van der Waals surface area (Å²) in [6.07, 6.45) is 0. The lowest BCUT2D eigenvalue weighted by Gasteiger charge is -2.14. The number of nitrogens with zero attached hydrogens (tertiary/aromatic N) is 2. The van der Waals surface area contributed by atoms with Crippen LogP contribution in [0, 0.1) is 10.1 Å². The van der Waals surface area contributed by atoms with Crippen LogP contribution in [-0.2, 0) is 4.79 Å². The zero-order chi connectivity index (χ0) is 16.4. The molecule has 1 aromatic heterocycles. The second kappa shape index (κ2) is 6.25. The van der Waals surface area contributed by atoms with Crippen LogP contribution in [0.3, 0.4) is 0 Å². The highest BCUT2D eigenvalue weighted by Gasteiger charge is 2.26. The summed E-state index contributed by atoms with van der Waals surface area (Å²) in [5.41, 5.74) is -0.159. The first kappa shape index (κ1) is 16.1. The van der Waals surface area contributed by atoms with Crippen LogP contribution in [-0.4, -0.2) is 23.7 Å². The molecule has 114 valence electrons. The SMILES string of the molecule is CC(=O)N(C)c1sc(Cl)cc1C(=O)c1ccccc1[N+](=O)[O-]. The molecule has 0 aliphatic rings. The third kappa shape index (κ3) is 3.00. The highest BCUT2D eigenvalue weighted by Crippen LogP contribution is 2.36. The van der Waals surface area contributed by atoms with E-state index in [1.165, 1.54) is 43.1 Å². The minimum atomic E-state index is -0.616. The zero-order valence-corrected chi connectivity index (χ0v) is 13.3. The van der Waals surface area contributed by atoms with E-state index in [1.54, 1.807) is 6.07 Å². The van der Waals surface area contributed by atoms with Gasteiger partial charge in [0.05, 0.1) is 14.8 Å². The van der Waals surface area contributed by atoms with Gasteiger partial charge in [-0.3, -0.25) is 19.7 Å². The molecular weight excluding hydrogens is 328 g/mol. The maximum Gasteiger partial charge on any atom is 0.280 e. The Morgan fingerprint density at radius 2 is 1.91 bits per heavy atom. The van der Waals surface area contributed by atoms with Crippen molar-refractivity contribution in [2.75, 3.05) is 11.9 Å². The number of rotatable bonds is 4. The Morgan fingerprint density at radius 3 is 2.50 bits per heavy atom. The van der Waals surface area contributed by atoms with E-state index in [-0.39, 0.29) is 22.7 Å². The molecule has 0 atom stereocenters. The molecule has 0 saturated carbocycles. The van der Waals surface area contributed by atoms with Crippen molar-refractivity contribution in [3.8, 4) is 0 Å². The lowest BCUT2D eigenvalue weighted by molar-refractivity contribution is -0.385. The number of nitro benzene ring substituents is 1. The monoisotopic (exact) mass is 338 g/mol. The van der Waals surface area contributed by atoms with Gasteiger partial charge in [0.2, 0.25) is 11.7 Å². The lowest BCUT2D eigenvalue weighted by atomic mass is 10.0. The number of hydrogen-bond acceptors (Lipinski definition) is 5. The molecule has 0 saturated heterocycles. The molecule has 0 fully saturated rings. The Labute approximate surface area is 135 Å². The smallest absolute Gasteiger partial charge is 0.280 e. The van der Waals surface area contributed by atoms with Crippen LogP contribution in [0.5, 0.6) is 0 Å². The fourth-order valence-corrected chi connectivity index (χ4v) is 3.09. The van der Waals surface area contributed by atoms with E-state index in [9.17, 15) is 19.7 Å². The Kier molecular flexibility index (Phi) is 4.58. The van der Waals surface area contributed by atoms with Crippen molar-refractivity contribution in [1.29, 1.82) is 0 Å². The fraction of sp³-hybridized carbons (Fsp3) is 0.143. The zero-order valence-electron chi connectivity index (χ0n) is 11.7. The lowest BCUT2D eigenvalue weighted by Crippen LogP contribution is -2.23. The molecule has 0 aliphatic carbocycles. The van der Waals surface area contributed by atoms with Crippen molar-refractivity contribution in [3.63, 3.8) is 0 Å². The number of carbonyl (C=O) groups is 2. The number of thiophene rings is 1. The number of carbonyl (C=O) groups excluding carboxylic acids is 2. The first-order valence-corrected chi connectivity index (χ1v) is 7.34. The number of benzene rings is 1. The van der Waals surface area contributed by atoms with E-state index in [4.69, 9.17) is 11.6 Å². The van der Waals surface area contributed by atoms with Crippen LogP contribution in [0.4, 0.5) is 10.7 Å². The Balaban J connectivity index is 2.56. The molecule has 1 heterocycles. The number of ketones is 1. The van der Waals surface area contributed by atoms with Crippen LogP contribution in [0.25, 0.3) is 0 Å². The summed E-state index contributed by atoms with van der Waals surface area (Å²) >= 11 is 7.01. The van der Waals surface area contributed by atoms with Gasteiger partial charge in [-0.05, 0) is 12.1 Å². The molecule has 1 amide bonds. The number of para-hydroxylation sites is 1. The van der Waals surface area contributed by atoms with Crippen molar-refractivity contribution < 1.29 is 14.5 Å². The van der Waals surface area contributed by atoms with Crippen LogP contribution in [0.2, 0.25) is 4.34 Å². The van der Waals surface area contributed by atoms with Gasteiger partial charge >= 0.3 is 0 Å². The van der Waals surface area contributed by atoms with Crippen molar-refractivity contribution >= 4 is 45.3 Å². The van der Waals surface area contributed by atoms with Gasteiger partial charge in [-0.15, -0.1) is 11.3 Å². The minimum Gasteiger partial charge on any atom is -0.307 e. The van der Waals surface area contributed by atoms with Gasteiger partial charge in [0.1, 0.15) is 10.6 Å². The number of anilines is 1. The first-order valence-electron chi connectivity index (χ1n) is 6.14. The van der Waals surface area contributed by atoms with E-state index in [0.29, 0.717) is 9.34 Å². The molecule has 0 N–H and O–H groups in total. The molecule has 22 heavy (non-hydrogen) atoms. The molecule has 8 heteroatoms. The molecule has 0 bridgehead atoms. The Hall–Kier alpha value is -2.25. The maximum absolute atomic E-state index is 12.6. The third-order valence-corrected chi connectivity index (χ3v) is 4.39.